The number of aliphatic hydroxyl groups is 1. The molecule has 0 aromatic heterocycles. The van der Waals surface area contributed by atoms with E-state index in [2.05, 4.69) is 6.92 Å². The molecule has 7 nitrogen and oxygen atoms in total. The van der Waals surface area contributed by atoms with Crippen molar-refractivity contribution in [2.75, 3.05) is 40.4 Å². The first-order valence-electron chi connectivity index (χ1n) is 12.3. The van der Waals surface area contributed by atoms with E-state index in [0.29, 0.717) is 43.4 Å². The van der Waals surface area contributed by atoms with Gasteiger partial charge in [-0.2, -0.15) is 0 Å². The van der Waals surface area contributed by atoms with Crippen LogP contribution in [0.25, 0.3) is 5.76 Å². The third-order valence-electron chi connectivity index (χ3n) is 5.87. The maximum atomic E-state index is 13.2. The normalized spacial score (nSPS) is 17.3. The highest BCUT2D eigenvalue weighted by atomic mass is 16.5. The zero-order chi connectivity index (χ0) is 25.4. The van der Waals surface area contributed by atoms with E-state index < -0.39 is 17.7 Å². The summed E-state index contributed by atoms with van der Waals surface area (Å²) in [6.45, 7) is 6.25. The van der Waals surface area contributed by atoms with E-state index >= 15 is 0 Å². The van der Waals surface area contributed by atoms with Gasteiger partial charge in [0.25, 0.3) is 11.7 Å². The van der Waals surface area contributed by atoms with Crippen molar-refractivity contribution in [1.82, 2.24) is 9.80 Å². The Labute approximate surface area is 207 Å². The molecule has 2 aromatic rings. The van der Waals surface area contributed by atoms with Crippen LogP contribution in [0.15, 0.2) is 54.1 Å². The van der Waals surface area contributed by atoms with Crippen molar-refractivity contribution in [1.29, 1.82) is 0 Å². The van der Waals surface area contributed by atoms with Crippen molar-refractivity contribution in [3.8, 4) is 11.5 Å². The summed E-state index contributed by atoms with van der Waals surface area (Å²) < 4.78 is 11.5. The van der Waals surface area contributed by atoms with Gasteiger partial charge in [-0.25, -0.2) is 0 Å². The Kier molecular flexibility index (Phi) is 9.32. The second kappa shape index (κ2) is 12.4. The summed E-state index contributed by atoms with van der Waals surface area (Å²) in [5, 5.41) is 11.2. The highest BCUT2D eigenvalue weighted by Gasteiger charge is 2.46. The average Bonchev–Trinajstić information content (AvgIpc) is 3.11. The van der Waals surface area contributed by atoms with Crippen LogP contribution in [-0.4, -0.2) is 67.0 Å². The van der Waals surface area contributed by atoms with Crippen LogP contribution in [0.3, 0.4) is 0 Å². The second-order valence-electron chi connectivity index (χ2n) is 8.94. The minimum absolute atomic E-state index is 0.0849. The lowest BCUT2D eigenvalue weighted by Crippen LogP contribution is -2.35. The van der Waals surface area contributed by atoms with Gasteiger partial charge in [-0.3, -0.25) is 9.59 Å². The van der Waals surface area contributed by atoms with Gasteiger partial charge in [0.1, 0.15) is 17.3 Å². The fourth-order valence-corrected chi connectivity index (χ4v) is 3.96. The first-order valence-corrected chi connectivity index (χ1v) is 12.3. The highest BCUT2D eigenvalue weighted by Crippen LogP contribution is 2.40. The molecule has 188 valence electrons. The first kappa shape index (κ1) is 26.3. The van der Waals surface area contributed by atoms with Crippen LogP contribution in [0.1, 0.15) is 50.3 Å². The Hall–Kier alpha value is -3.32. The number of ether oxygens (including phenoxy) is 2. The minimum atomic E-state index is -0.708. The monoisotopic (exact) mass is 480 g/mol. The number of hydrogen-bond acceptors (Lipinski definition) is 6. The first-order chi connectivity index (χ1) is 16.9. The molecule has 0 radical (unpaired) electrons. The van der Waals surface area contributed by atoms with Crippen molar-refractivity contribution < 1.29 is 24.2 Å². The predicted octanol–water partition coefficient (Wildman–Crippen LogP) is 4.64. The smallest absolute Gasteiger partial charge is 0.295 e. The van der Waals surface area contributed by atoms with Crippen molar-refractivity contribution in [3.63, 3.8) is 0 Å². The molecule has 1 unspecified atom stereocenters. The Bertz CT molecular complexity index is 1050. The van der Waals surface area contributed by atoms with Gasteiger partial charge in [0.2, 0.25) is 0 Å². The van der Waals surface area contributed by atoms with Crippen LogP contribution in [0.2, 0.25) is 0 Å². The number of rotatable bonds is 12. The van der Waals surface area contributed by atoms with Gasteiger partial charge in [-0.15, -0.1) is 0 Å². The largest absolute Gasteiger partial charge is 0.507 e. The number of carbonyl (C=O) groups is 2. The van der Waals surface area contributed by atoms with Crippen molar-refractivity contribution in [3.05, 3.63) is 65.2 Å². The topological polar surface area (TPSA) is 79.3 Å². The Morgan fingerprint density at radius 1 is 0.971 bits per heavy atom. The number of carbonyl (C=O) groups excluding carboxylic acids is 2. The van der Waals surface area contributed by atoms with Gasteiger partial charge >= 0.3 is 0 Å². The summed E-state index contributed by atoms with van der Waals surface area (Å²) in [7, 11) is 3.83. The number of nitrogens with zero attached hydrogens (tertiary/aromatic N) is 2. The number of Topliss-reactive ketones (excluding diaryl/α,β-unsaturated/α-hetero) is 1. The van der Waals surface area contributed by atoms with E-state index in [0.717, 1.165) is 24.8 Å². The maximum Gasteiger partial charge on any atom is 0.295 e. The summed E-state index contributed by atoms with van der Waals surface area (Å²) in [5.74, 6) is -0.136. The number of benzene rings is 2. The van der Waals surface area contributed by atoms with Crippen LogP contribution < -0.4 is 9.47 Å². The Morgan fingerprint density at radius 3 is 2.34 bits per heavy atom. The molecule has 0 aliphatic carbocycles. The molecule has 0 saturated carbocycles. The Morgan fingerprint density at radius 2 is 1.69 bits per heavy atom. The second-order valence-corrected chi connectivity index (χ2v) is 8.94. The van der Waals surface area contributed by atoms with Crippen LogP contribution in [0.4, 0.5) is 0 Å². The zero-order valence-corrected chi connectivity index (χ0v) is 21.1. The SMILES string of the molecule is CCCCOc1cccc(C2C(=C(O)c3ccc(OCCC)cc3)C(=O)C(=O)N2CCN(C)C)c1. The molecule has 1 N–H and O–H groups in total. The lowest BCUT2D eigenvalue weighted by atomic mass is 9.95. The molecule has 35 heavy (non-hydrogen) atoms. The van der Waals surface area contributed by atoms with Crippen LogP contribution in [0.5, 0.6) is 11.5 Å². The number of hydrogen-bond donors (Lipinski definition) is 1. The molecule has 1 heterocycles. The average molecular weight is 481 g/mol. The number of likely N-dealkylation sites (tertiary alicyclic amines) is 1. The summed E-state index contributed by atoms with van der Waals surface area (Å²) >= 11 is 0. The van der Waals surface area contributed by atoms with E-state index in [4.69, 9.17) is 9.47 Å². The lowest BCUT2D eigenvalue weighted by molar-refractivity contribution is -0.140. The number of unbranched alkanes of at least 4 members (excludes halogenated alkanes) is 1. The zero-order valence-electron chi connectivity index (χ0n) is 21.1. The lowest BCUT2D eigenvalue weighted by Gasteiger charge is -2.27. The summed E-state index contributed by atoms with van der Waals surface area (Å²) in [5.41, 5.74) is 1.27. The molecule has 0 spiro atoms. The molecule has 1 amide bonds. The highest BCUT2D eigenvalue weighted by molar-refractivity contribution is 6.46. The number of amides is 1. The van der Waals surface area contributed by atoms with Gasteiger partial charge in [0.05, 0.1) is 24.8 Å². The van der Waals surface area contributed by atoms with Crippen molar-refractivity contribution in [2.45, 2.75) is 39.2 Å². The molecule has 1 fully saturated rings. The van der Waals surface area contributed by atoms with Crippen LogP contribution in [-0.2, 0) is 9.59 Å². The molecule has 1 aliphatic rings. The summed E-state index contributed by atoms with van der Waals surface area (Å²) in [6.07, 6.45) is 2.84. The fraction of sp³-hybridized carbons (Fsp3) is 0.429. The third kappa shape index (κ3) is 6.42. The summed E-state index contributed by atoms with van der Waals surface area (Å²) in [4.78, 5) is 29.8. The van der Waals surface area contributed by atoms with E-state index in [1.807, 2.05) is 50.2 Å². The standard InChI is InChI=1S/C28H36N2O5/c1-5-7-18-35-23-10-8-9-21(19-23)25-24(27(32)28(33)30(25)16-15-29(3)4)26(31)20-11-13-22(14-12-20)34-17-6-2/h8-14,19,25,31H,5-7,15-18H2,1-4H3. The van der Waals surface area contributed by atoms with Gasteiger partial charge in [0, 0.05) is 18.7 Å². The number of aliphatic hydroxyl groups excluding tert-OH is 1. The molecule has 2 aromatic carbocycles. The molecule has 1 aliphatic heterocycles. The summed E-state index contributed by atoms with van der Waals surface area (Å²) in [6, 6.07) is 13.6. The van der Waals surface area contributed by atoms with Gasteiger partial charge < -0.3 is 24.4 Å². The van der Waals surface area contributed by atoms with Gasteiger partial charge in [-0.1, -0.05) is 32.4 Å². The minimum Gasteiger partial charge on any atom is -0.507 e. The van der Waals surface area contributed by atoms with E-state index in [-0.39, 0.29) is 11.3 Å². The number of likely N-dealkylation sites (N-methyl/N-ethyl adjacent to an activating group) is 1. The Balaban J connectivity index is 2.03. The van der Waals surface area contributed by atoms with Gasteiger partial charge in [0.15, 0.2) is 0 Å². The number of ketones is 1. The third-order valence-corrected chi connectivity index (χ3v) is 5.87. The molecule has 3 rings (SSSR count). The molecule has 1 saturated heterocycles. The molecule has 7 heteroatoms. The van der Waals surface area contributed by atoms with E-state index in [1.165, 1.54) is 4.90 Å². The van der Waals surface area contributed by atoms with Crippen molar-refractivity contribution in [2.24, 2.45) is 0 Å². The van der Waals surface area contributed by atoms with Crippen LogP contribution in [0, 0.1) is 0 Å². The van der Waals surface area contributed by atoms with E-state index in [9.17, 15) is 14.7 Å². The molecular formula is C28H36N2O5. The van der Waals surface area contributed by atoms with Gasteiger partial charge in [-0.05, 0) is 68.9 Å². The molecule has 0 bridgehead atoms. The molecular weight excluding hydrogens is 444 g/mol. The quantitative estimate of drug-likeness (QED) is 0.206. The molecule has 1 atom stereocenters. The maximum absolute atomic E-state index is 13.2. The van der Waals surface area contributed by atoms with Crippen LogP contribution >= 0.6 is 0 Å². The predicted molar refractivity (Wildman–Crippen MR) is 137 cm³/mol. The fourth-order valence-electron chi connectivity index (χ4n) is 3.96. The van der Waals surface area contributed by atoms with Crippen molar-refractivity contribution >= 4 is 17.4 Å². The van der Waals surface area contributed by atoms with E-state index in [1.54, 1.807) is 24.3 Å².